The lowest BCUT2D eigenvalue weighted by molar-refractivity contribution is -0.384. The molecule has 0 aromatic heterocycles. The molecule has 1 aliphatic carbocycles. The van der Waals surface area contributed by atoms with Crippen LogP contribution in [0.15, 0.2) is 30.3 Å². The number of hydrogen-bond donors (Lipinski definition) is 0. The molecule has 4 nitrogen and oxygen atoms in total. The van der Waals surface area contributed by atoms with Gasteiger partial charge in [-0.05, 0) is 46.9 Å². The van der Waals surface area contributed by atoms with Gasteiger partial charge in [-0.25, -0.2) is 0 Å². The Morgan fingerprint density at radius 1 is 1.24 bits per heavy atom. The molecule has 0 spiro atoms. The molecule has 0 radical (unpaired) electrons. The van der Waals surface area contributed by atoms with Crippen molar-refractivity contribution in [2.45, 2.75) is 12.3 Å². The normalized spacial score (nSPS) is 15.8. The second-order valence-corrected chi connectivity index (χ2v) is 5.68. The number of non-ortho nitro benzene ring substituents is 1. The average molecular weight is 319 g/mol. The lowest BCUT2D eigenvalue weighted by atomic mass is 9.79. The number of nitro groups is 1. The van der Waals surface area contributed by atoms with Gasteiger partial charge < -0.3 is 0 Å². The maximum absolute atomic E-state index is 10.9. The summed E-state index contributed by atoms with van der Waals surface area (Å²) in [5, 5.41) is 21.2. The summed E-state index contributed by atoms with van der Waals surface area (Å²) in [5.74, 6) is -0.431. The quantitative estimate of drug-likeness (QED) is 0.563. The molecule has 1 aliphatic rings. The molecule has 0 amide bonds. The van der Waals surface area contributed by atoms with Crippen molar-refractivity contribution in [3.63, 3.8) is 0 Å². The van der Waals surface area contributed by atoms with Gasteiger partial charge in [-0.2, -0.15) is 5.26 Å². The minimum atomic E-state index is -0.442. The van der Waals surface area contributed by atoms with Crippen LogP contribution in [-0.2, 0) is 6.42 Å². The van der Waals surface area contributed by atoms with Crippen LogP contribution in [0.2, 0.25) is 10.0 Å². The van der Waals surface area contributed by atoms with E-state index < -0.39 is 10.8 Å². The Kier molecular flexibility index (Phi) is 3.32. The van der Waals surface area contributed by atoms with Crippen LogP contribution < -0.4 is 0 Å². The molecule has 6 heteroatoms. The molecule has 1 atom stereocenters. The molecule has 0 N–H and O–H groups in total. The Labute approximate surface area is 130 Å². The van der Waals surface area contributed by atoms with Crippen LogP contribution in [0.4, 0.5) is 5.69 Å². The smallest absolute Gasteiger partial charge is 0.258 e. The number of benzene rings is 2. The van der Waals surface area contributed by atoms with Crippen LogP contribution in [0.25, 0.3) is 11.1 Å². The van der Waals surface area contributed by atoms with Crippen LogP contribution in [0, 0.1) is 21.4 Å². The number of nitriles is 1. The molecular formula is C15H8Cl2N2O2. The Morgan fingerprint density at radius 3 is 2.67 bits per heavy atom. The zero-order valence-electron chi connectivity index (χ0n) is 10.6. The summed E-state index contributed by atoms with van der Waals surface area (Å²) in [6.45, 7) is 0. The van der Waals surface area contributed by atoms with E-state index in [1.54, 1.807) is 18.2 Å². The number of halogens is 2. The van der Waals surface area contributed by atoms with Crippen molar-refractivity contribution in [2.75, 3.05) is 0 Å². The molecule has 0 saturated heterocycles. The molecule has 1 unspecified atom stereocenters. The zero-order chi connectivity index (χ0) is 15.1. The van der Waals surface area contributed by atoms with Crippen molar-refractivity contribution in [1.82, 2.24) is 0 Å². The minimum absolute atomic E-state index is 0.0158. The van der Waals surface area contributed by atoms with Crippen LogP contribution in [-0.4, -0.2) is 4.92 Å². The van der Waals surface area contributed by atoms with E-state index in [1.165, 1.54) is 12.1 Å². The van der Waals surface area contributed by atoms with E-state index in [0.717, 1.165) is 22.3 Å². The molecule has 0 fully saturated rings. The molecule has 0 aliphatic heterocycles. The van der Waals surface area contributed by atoms with Crippen molar-refractivity contribution in [1.29, 1.82) is 5.26 Å². The summed E-state index contributed by atoms with van der Waals surface area (Å²) in [6.07, 6.45) is 0.405. The lowest BCUT2D eigenvalue weighted by Gasteiger charge is -2.24. The van der Waals surface area contributed by atoms with E-state index in [9.17, 15) is 15.4 Å². The van der Waals surface area contributed by atoms with E-state index in [2.05, 4.69) is 6.07 Å². The molecular weight excluding hydrogens is 311 g/mol. The van der Waals surface area contributed by atoms with Gasteiger partial charge in [0.25, 0.3) is 5.69 Å². The van der Waals surface area contributed by atoms with E-state index in [0.29, 0.717) is 16.5 Å². The van der Waals surface area contributed by atoms with E-state index in [1.807, 2.05) is 0 Å². The summed E-state index contributed by atoms with van der Waals surface area (Å²) in [5.41, 5.74) is 3.13. The first-order chi connectivity index (χ1) is 10.0. The Morgan fingerprint density at radius 2 is 2.00 bits per heavy atom. The third-order valence-electron chi connectivity index (χ3n) is 3.61. The van der Waals surface area contributed by atoms with Crippen molar-refractivity contribution >= 4 is 28.9 Å². The fourth-order valence-electron chi connectivity index (χ4n) is 2.72. The molecule has 0 bridgehead atoms. The molecule has 0 saturated carbocycles. The monoisotopic (exact) mass is 318 g/mol. The summed E-state index contributed by atoms with van der Waals surface area (Å²) < 4.78 is 0. The lowest BCUT2D eigenvalue weighted by Crippen LogP contribution is -2.11. The number of nitrogens with zero attached hydrogens (tertiary/aromatic N) is 2. The van der Waals surface area contributed by atoms with E-state index in [4.69, 9.17) is 23.2 Å². The summed E-state index contributed by atoms with van der Waals surface area (Å²) >= 11 is 12.3. The second-order valence-electron chi connectivity index (χ2n) is 4.83. The minimum Gasteiger partial charge on any atom is -0.258 e. The maximum Gasteiger partial charge on any atom is 0.269 e. The topological polar surface area (TPSA) is 66.9 Å². The summed E-state index contributed by atoms with van der Waals surface area (Å²) in [4.78, 5) is 10.4. The van der Waals surface area contributed by atoms with E-state index in [-0.39, 0.29) is 5.69 Å². The average Bonchev–Trinajstić information content (AvgIpc) is 2.45. The zero-order valence-corrected chi connectivity index (χ0v) is 12.1. The van der Waals surface area contributed by atoms with Gasteiger partial charge in [0.2, 0.25) is 0 Å². The first-order valence-corrected chi connectivity index (χ1v) is 6.93. The van der Waals surface area contributed by atoms with Crippen molar-refractivity contribution in [2.24, 2.45) is 0 Å². The van der Waals surface area contributed by atoms with Crippen LogP contribution >= 0.6 is 23.2 Å². The highest BCUT2D eigenvalue weighted by Gasteiger charge is 2.28. The number of rotatable bonds is 1. The Bertz CT molecular complexity index is 812. The summed E-state index contributed by atoms with van der Waals surface area (Å²) in [7, 11) is 0. The van der Waals surface area contributed by atoms with Crippen LogP contribution in [0.1, 0.15) is 17.0 Å². The van der Waals surface area contributed by atoms with Gasteiger partial charge in [0.15, 0.2) is 0 Å². The Balaban J connectivity index is 2.29. The van der Waals surface area contributed by atoms with Crippen LogP contribution in [0.5, 0.6) is 0 Å². The molecule has 2 aromatic rings. The van der Waals surface area contributed by atoms with Gasteiger partial charge >= 0.3 is 0 Å². The van der Waals surface area contributed by atoms with Crippen molar-refractivity contribution in [3.8, 4) is 17.2 Å². The maximum atomic E-state index is 10.9. The fraction of sp³-hybridized carbons (Fsp3) is 0.133. The molecule has 2 aromatic carbocycles. The summed E-state index contributed by atoms with van der Waals surface area (Å²) in [6, 6.07) is 10.2. The van der Waals surface area contributed by atoms with Crippen molar-refractivity contribution < 1.29 is 4.92 Å². The second kappa shape index (κ2) is 5.03. The van der Waals surface area contributed by atoms with Crippen molar-refractivity contribution in [3.05, 3.63) is 61.6 Å². The number of fused-ring (bicyclic) bond motifs is 3. The van der Waals surface area contributed by atoms with E-state index >= 15 is 0 Å². The first-order valence-electron chi connectivity index (χ1n) is 6.17. The highest BCUT2D eigenvalue weighted by Crippen LogP contribution is 2.45. The molecule has 3 rings (SSSR count). The first kappa shape index (κ1) is 13.9. The van der Waals surface area contributed by atoms with Gasteiger partial charge in [-0.15, -0.1) is 0 Å². The Hall–Kier alpha value is -2.09. The fourth-order valence-corrected chi connectivity index (χ4v) is 3.34. The largest absolute Gasteiger partial charge is 0.269 e. The molecule has 0 heterocycles. The molecule has 21 heavy (non-hydrogen) atoms. The highest BCUT2D eigenvalue weighted by molar-refractivity contribution is 6.35. The standard InChI is InChI=1S/C15H8Cl2N2O2/c16-10-5-13-12-2-1-11(19(20)21)4-8(12)3-9(7-18)15(13)14(17)6-10/h1-2,4-6,9H,3H2. The van der Waals surface area contributed by atoms with Gasteiger partial charge in [0.1, 0.15) is 0 Å². The highest BCUT2D eigenvalue weighted by atomic mass is 35.5. The third kappa shape index (κ3) is 2.25. The molecule has 104 valence electrons. The van der Waals surface area contributed by atoms with Gasteiger partial charge in [0, 0.05) is 22.2 Å². The predicted octanol–water partition coefficient (Wildman–Crippen LogP) is 4.73. The van der Waals surface area contributed by atoms with Gasteiger partial charge in [-0.1, -0.05) is 23.2 Å². The number of nitro benzene ring substituents is 1. The SMILES string of the molecule is N#CC1Cc2cc([N+](=O)[O-])ccc2-c2cc(Cl)cc(Cl)c21. The van der Waals surface area contributed by atoms with Crippen LogP contribution in [0.3, 0.4) is 0 Å². The number of hydrogen-bond acceptors (Lipinski definition) is 3. The third-order valence-corrected chi connectivity index (χ3v) is 4.14. The van der Waals surface area contributed by atoms with Gasteiger partial charge in [-0.3, -0.25) is 10.1 Å². The van der Waals surface area contributed by atoms with Gasteiger partial charge in [0.05, 0.1) is 16.9 Å². The predicted molar refractivity (Wildman–Crippen MR) is 80.6 cm³/mol.